The van der Waals surface area contributed by atoms with E-state index in [0.29, 0.717) is 0 Å². The lowest BCUT2D eigenvalue weighted by Gasteiger charge is -2.13. The number of esters is 1. The quantitative estimate of drug-likeness (QED) is 0.631. The van der Waals surface area contributed by atoms with Crippen molar-refractivity contribution in [3.05, 3.63) is 35.2 Å². The molecule has 9 nitrogen and oxygen atoms in total. The first-order valence-corrected chi connectivity index (χ1v) is 7.25. The molecule has 0 bridgehead atoms. The summed E-state index contributed by atoms with van der Waals surface area (Å²) >= 11 is 0. The molecular formula is C15H13F3N4O5. The van der Waals surface area contributed by atoms with Crippen LogP contribution in [0.15, 0.2) is 22.7 Å². The largest absolute Gasteiger partial charge is 0.455 e. The van der Waals surface area contributed by atoms with Crippen molar-refractivity contribution < 1.29 is 36.8 Å². The fourth-order valence-corrected chi connectivity index (χ4v) is 1.90. The average molecular weight is 386 g/mol. The maximum Gasteiger partial charge on any atom is 0.455 e. The summed E-state index contributed by atoms with van der Waals surface area (Å²) in [6.07, 6.45) is -4.85. The number of carbonyl (C=O) groups is 3. The fraction of sp³-hybridized carbons (Fsp3) is 0.267. The van der Waals surface area contributed by atoms with Crippen molar-refractivity contribution in [2.75, 3.05) is 19.4 Å². The zero-order valence-electron chi connectivity index (χ0n) is 14.2. The van der Waals surface area contributed by atoms with Crippen LogP contribution >= 0.6 is 0 Å². The summed E-state index contributed by atoms with van der Waals surface area (Å²) in [7, 11) is 2.97. The summed E-state index contributed by atoms with van der Waals surface area (Å²) < 4.78 is 46.7. The summed E-state index contributed by atoms with van der Waals surface area (Å²) in [6, 6.07) is 2.84. The van der Waals surface area contributed by atoms with E-state index in [1.165, 1.54) is 31.1 Å². The Morgan fingerprint density at radius 2 is 1.89 bits per heavy atom. The molecule has 27 heavy (non-hydrogen) atoms. The van der Waals surface area contributed by atoms with Gasteiger partial charge in [-0.3, -0.25) is 19.7 Å². The lowest BCUT2D eigenvalue weighted by atomic mass is 10.1. The maximum absolute atomic E-state index is 12.5. The van der Waals surface area contributed by atoms with Gasteiger partial charge in [-0.1, -0.05) is 0 Å². The second kappa shape index (κ2) is 7.43. The number of hydrogen-bond acceptors (Lipinski definition) is 7. The van der Waals surface area contributed by atoms with Crippen LogP contribution in [0.3, 0.4) is 0 Å². The van der Waals surface area contributed by atoms with Gasteiger partial charge in [0, 0.05) is 26.6 Å². The van der Waals surface area contributed by atoms with E-state index < -0.39 is 35.8 Å². The first kappa shape index (κ1) is 19.9. The van der Waals surface area contributed by atoms with Crippen LogP contribution in [0.5, 0.6) is 5.75 Å². The van der Waals surface area contributed by atoms with Gasteiger partial charge in [0.1, 0.15) is 5.75 Å². The number of nitrogens with one attached hydrogen (secondary N) is 1. The molecule has 1 aromatic carbocycles. The molecule has 1 aromatic heterocycles. The number of carbonyl (C=O) groups excluding carboxylic acids is 3. The molecule has 1 heterocycles. The molecule has 144 valence electrons. The molecule has 2 rings (SSSR count). The highest BCUT2D eigenvalue weighted by atomic mass is 19.4. The summed E-state index contributed by atoms with van der Waals surface area (Å²) in [5.41, 5.74) is -0.202. The Balaban J connectivity index is 2.36. The third kappa shape index (κ3) is 4.80. The third-order valence-electron chi connectivity index (χ3n) is 3.03. The zero-order valence-corrected chi connectivity index (χ0v) is 14.2. The standard InChI is InChI=1S/C15H13F3N4O5/c1-7(23)26-10-5-4-8(12(25)22(2)3)6-9(10)11(24)19-14-20-13(21-27-14)15(16,17)18/h4-6H,1-3H3,(H,19,20,21,24). The molecule has 0 unspecified atom stereocenters. The van der Waals surface area contributed by atoms with Gasteiger partial charge < -0.3 is 14.2 Å². The van der Waals surface area contributed by atoms with Gasteiger partial charge in [-0.05, 0) is 23.4 Å². The van der Waals surface area contributed by atoms with Crippen molar-refractivity contribution >= 4 is 23.8 Å². The number of amides is 2. The van der Waals surface area contributed by atoms with Gasteiger partial charge in [0.05, 0.1) is 5.56 Å². The number of nitrogens with zero attached hydrogens (tertiary/aromatic N) is 3. The minimum atomic E-state index is -4.85. The van der Waals surface area contributed by atoms with Crippen molar-refractivity contribution in [2.24, 2.45) is 0 Å². The molecule has 1 N–H and O–H groups in total. The number of halogens is 3. The van der Waals surface area contributed by atoms with Gasteiger partial charge >= 0.3 is 18.2 Å². The van der Waals surface area contributed by atoms with Crippen LogP contribution in [-0.2, 0) is 11.0 Å². The molecule has 0 radical (unpaired) electrons. The van der Waals surface area contributed by atoms with Crippen LogP contribution in [0.2, 0.25) is 0 Å². The van der Waals surface area contributed by atoms with E-state index in [1.54, 1.807) is 0 Å². The topological polar surface area (TPSA) is 115 Å². The Labute approximate surface area is 150 Å². The van der Waals surface area contributed by atoms with E-state index in [4.69, 9.17) is 4.74 Å². The van der Waals surface area contributed by atoms with Crippen molar-refractivity contribution in [1.82, 2.24) is 15.0 Å². The van der Waals surface area contributed by atoms with E-state index in [-0.39, 0.29) is 16.9 Å². The first-order chi connectivity index (χ1) is 12.5. The first-order valence-electron chi connectivity index (χ1n) is 7.25. The molecule has 0 saturated heterocycles. The molecular weight excluding hydrogens is 373 g/mol. The Hall–Kier alpha value is -3.44. The maximum atomic E-state index is 12.5. The second-order valence-corrected chi connectivity index (χ2v) is 5.38. The molecule has 0 aliphatic heterocycles. The molecule has 0 aliphatic carbocycles. The summed E-state index contributed by atoms with van der Waals surface area (Å²) in [6.45, 7) is 1.09. The minimum absolute atomic E-state index is 0.0857. The third-order valence-corrected chi connectivity index (χ3v) is 3.03. The predicted octanol–water partition coefficient (Wildman–Crippen LogP) is 1.97. The molecule has 0 fully saturated rings. The summed E-state index contributed by atoms with van der Waals surface area (Å²) in [5, 5.41) is 4.67. The van der Waals surface area contributed by atoms with Crippen LogP contribution < -0.4 is 10.1 Å². The lowest BCUT2D eigenvalue weighted by molar-refractivity contribution is -0.146. The van der Waals surface area contributed by atoms with Crippen LogP contribution in [0.1, 0.15) is 33.5 Å². The highest BCUT2D eigenvalue weighted by Crippen LogP contribution is 2.28. The van der Waals surface area contributed by atoms with E-state index in [1.807, 2.05) is 5.32 Å². The van der Waals surface area contributed by atoms with E-state index in [9.17, 15) is 27.6 Å². The van der Waals surface area contributed by atoms with Gasteiger partial charge in [0.15, 0.2) is 0 Å². The van der Waals surface area contributed by atoms with Gasteiger partial charge in [0.25, 0.3) is 17.6 Å². The molecule has 2 aromatic rings. The highest BCUT2D eigenvalue weighted by Gasteiger charge is 2.37. The number of anilines is 1. The van der Waals surface area contributed by atoms with E-state index >= 15 is 0 Å². The number of aromatic nitrogens is 2. The highest BCUT2D eigenvalue weighted by molar-refractivity contribution is 6.07. The molecule has 0 spiro atoms. The molecule has 0 atom stereocenters. The van der Waals surface area contributed by atoms with Crippen molar-refractivity contribution in [3.8, 4) is 5.75 Å². The summed E-state index contributed by atoms with van der Waals surface area (Å²) in [5.74, 6) is -3.99. The van der Waals surface area contributed by atoms with Crippen LogP contribution in [0.25, 0.3) is 0 Å². The SMILES string of the molecule is CC(=O)Oc1ccc(C(=O)N(C)C)cc1C(=O)Nc1nc(C(F)(F)F)no1. The van der Waals surface area contributed by atoms with Crippen LogP contribution in [0.4, 0.5) is 19.2 Å². The number of rotatable bonds is 4. The predicted molar refractivity (Wildman–Crippen MR) is 83.0 cm³/mol. The fourth-order valence-electron chi connectivity index (χ4n) is 1.90. The van der Waals surface area contributed by atoms with E-state index in [0.717, 1.165) is 13.0 Å². The normalized spacial score (nSPS) is 11.0. The number of alkyl halides is 3. The zero-order chi connectivity index (χ0) is 20.4. The smallest absolute Gasteiger partial charge is 0.426 e. The molecule has 0 saturated carbocycles. The van der Waals surface area contributed by atoms with Crippen LogP contribution in [0, 0.1) is 0 Å². The minimum Gasteiger partial charge on any atom is -0.426 e. The van der Waals surface area contributed by atoms with Crippen LogP contribution in [-0.4, -0.2) is 46.9 Å². The Bertz CT molecular complexity index is 892. The lowest BCUT2D eigenvalue weighted by Crippen LogP contribution is -2.23. The number of ether oxygens (including phenoxy) is 1. The molecule has 2 amide bonds. The van der Waals surface area contributed by atoms with Gasteiger partial charge in [-0.2, -0.15) is 18.2 Å². The number of benzene rings is 1. The monoisotopic (exact) mass is 386 g/mol. The second-order valence-electron chi connectivity index (χ2n) is 5.38. The Morgan fingerprint density at radius 3 is 2.41 bits per heavy atom. The summed E-state index contributed by atoms with van der Waals surface area (Å²) in [4.78, 5) is 39.9. The Kier molecular flexibility index (Phi) is 5.47. The van der Waals surface area contributed by atoms with Crippen molar-refractivity contribution in [1.29, 1.82) is 0 Å². The number of hydrogen-bond donors (Lipinski definition) is 1. The van der Waals surface area contributed by atoms with E-state index in [2.05, 4.69) is 14.7 Å². The Morgan fingerprint density at radius 1 is 1.22 bits per heavy atom. The van der Waals surface area contributed by atoms with Gasteiger partial charge in [-0.25, -0.2) is 0 Å². The van der Waals surface area contributed by atoms with Crippen molar-refractivity contribution in [2.45, 2.75) is 13.1 Å². The van der Waals surface area contributed by atoms with Gasteiger partial charge in [0.2, 0.25) is 0 Å². The van der Waals surface area contributed by atoms with Gasteiger partial charge in [-0.15, -0.1) is 0 Å². The molecule has 12 heteroatoms. The molecule has 0 aliphatic rings. The average Bonchev–Trinajstić information content (AvgIpc) is 3.02. The van der Waals surface area contributed by atoms with Crippen molar-refractivity contribution in [3.63, 3.8) is 0 Å².